The first kappa shape index (κ1) is 16.1. The molecule has 0 aromatic heterocycles. The third kappa shape index (κ3) is 8.87. The Bertz CT molecular complexity index is 361. The highest BCUT2D eigenvalue weighted by molar-refractivity contribution is 9.10. The molecular weight excluding hydrogens is 274 g/mol. The number of hydrogen-bond acceptors (Lipinski definition) is 1. The van der Waals surface area contributed by atoms with Gasteiger partial charge in [-0.1, -0.05) is 53.5 Å². The number of hydrogen-bond donors (Lipinski definition) is 0. The zero-order chi connectivity index (χ0) is 13.3. The van der Waals surface area contributed by atoms with Crippen LogP contribution in [0.15, 0.2) is 46.0 Å². The molecule has 0 spiro atoms. The van der Waals surface area contributed by atoms with E-state index in [1.165, 1.54) is 11.3 Å². The van der Waals surface area contributed by atoms with E-state index in [4.69, 9.17) is 0 Å². The Balaban J connectivity index is 0.000000302. The molecule has 0 radical (unpaired) electrons. The minimum atomic E-state index is 0.571. The summed E-state index contributed by atoms with van der Waals surface area (Å²) in [6.45, 7) is 10.4. The molecule has 0 aliphatic heterocycles. The molecule has 0 atom stereocenters. The summed E-state index contributed by atoms with van der Waals surface area (Å²) >= 11 is 3.36. The van der Waals surface area contributed by atoms with Crippen LogP contribution in [0.2, 0.25) is 0 Å². The molecule has 1 aromatic carbocycles. The van der Waals surface area contributed by atoms with Gasteiger partial charge in [-0.3, -0.25) is 4.99 Å². The highest BCUT2D eigenvalue weighted by atomic mass is 79.9. The predicted octanol–water partition coefficient (Wildman–Crippen LogP) is 5.39. The van der Waals surface area contributed by atoms with E-state index < -0.39 is 0 Å². The molecule has 1 aromatic rings. The largest absolute Gasteiger partial charge is 0.266 e. The van der Waals surface area contributed by atoms with Crippen molar-refractivity contribution in [3.05, 3.63) is 46.6 Å². The summed E-state index contributed by atoms with van der Waals surface area (Å²) in [5.74, 6) is 0.571. The molecule has 94 valence electrons. The lowest BCUT2D eigenvalue weighted by molar-refractivity contribution is 0.878. The number of aryl methyl sites for hydroxylation is 1. The lowest BCUT2D eigenvalue weighted by Gasteiger charge is -1.99. The Kier molecular flexibility index (Phi) is 8.69. The first-order valence-electron chi connectivity index (χ1n) is 5.85. The van der Waals surface area contributed by atoms with Gasteiger partial charge in [-0.05, 0) is 38.8 Å². The van der Waals surface area contributed by atoms with E-state index in [-0.39, 0.29) is 0 Å². The number of rotatable bonds is 2. The van der Waals surface area contributed by atoms with Crippen LogP contribution in [0.5, 0.6) is 0 Å². The van der Waals surface area contributed by atoms with Gasteiger partial charge in [0.25, 0.3) is 0 Å². The van der Waals surface area contributed by atoms with E-state index in [1.54, 1.807) is 0 Å². The molecule has 0 heterocycles. The zero-order valence-corrected chi connectivity index (χ0v) is 13.0. The lowest BCUT2D eigenvalue weighted by Crippen LogP contribution is -1.99. The Labute approximate surface area is 114 Å². The summed E-state index contributed by atoms with van der Waals surface area (Å²) in [5.41, 5.74) is 2.48. The lowest BCUT2D eigenvalue weighted by atomic mass is 10.1. The van der Waals surface area contributed by atoms with Crippen molar-refractivity contribution in [3.8, 4) is 0 Å². The zero-order valence-electron chi connectivity index (χ0n) is 11.4. The molecular formula is C15H22BrN. The average Bonchev–Trinajstić information content (AvgIpc) is 2.26. The smallest absolute Gasteiger partial charge is 0.0224 e. The second-order valence-electron chi connectivity index (χ2n) is 4.21. The highest BCUT2D eigenvalue weighted by Gasteiger charge is 1.93. The summed E-state index contributed by atoms with van der Waals surface area (Å²) in [6, 6.07) is 8.21. The van der Waals surface area contributed by atoms with Gasteiger partial charge in [0.2, 0.25) is 0 Å². The van der Waals surface area contributed by atoms with E-state index in [1.807, 2.05) is 38.3 Å². The van der Waals surface area contributed by atoms with Crippen LogP contribution in [0, 0.1) is 12.8 Å². The summed E-state index contributed by atoms with van der Waals surface area (Å²) in [5, 5.41) is 0. The number of aliphatic imine (C=N–C) groups is 1. The molecule has 0 unspecified atom stereocenters. The summed E-state index contributed by atoms with van der Waals surface area (Å²) in [6.07, 6.45) is 3.77. The average molecular weight is 296 g/mol. The topological polar surface area (TPSA) is 12.4 Å². The first-order chi connectivity index (χ1) is 7.97. The predicted molar refractivity (Wildman–Crippen MR) is 81.6 cm³/mol. The molecule has 0 amide bonds. The fraction of sp³-hybridized carbons (Fsp3) is 0.400. The molecule has 17 heavy (non-hydrogen) atoms. The second kappa shape index (κ2) is 9.17. The number of nitrogens with zero attached hydrogens (tertiary/aromatic N) is 1. The Hall–Kier alpha value is -0.890. The highest BCUT2D eigenvalue weighted by Crippen LogP contribution is 2.09. The van der Waals surface area contributed by atoms with Crippen molar-refractivity contribution in [3.63, 3.8) is 0 Å². The van der Waals surface area contributed by atoms with Crippen LogP contribution in [0.1, 0.15) is 33.3 Å². The van der Waals surface area contributed by atoms with E-state index >= 15 is 0 Å². The van der Waals surface area contributed by atoms with Crippen molar-refractivity contribution in [2.45, 2.75) is 34.6 Å². The minimum Gasteiger partial charge on any atom is -0.266 e. The summed E-state index contributed by atoms with van der Waals surface area (Å²) in [4.78, 5) is 4.18. The van der Waals surface area contributed by atoms with Crippen LogP contribution in [0.3, 0.4) is 0 Å². The van der Waals surface area contributed by atoms with Crippen LogP contribution in [0.4, 0.5) is 0 Å². The molecule has 0 saturated carbocycles. The van der Waals surface area contributed by atoms with Crippen LogP contribution < -0.4 is 0 Å². The molecule has 2 heteroatoms. The Morgan fingerprint density at radius 2 is 2.00 bits per heavy atom. The Morgan fingerprint density at radius 3 is 2.35 bits per heavy atom. The number of allylic oxidation sites excluding steroid dienone is 1. The van der Waals surface area contributed by atoms with Crippen LogP contribution in [-0.2, 0) is 0 Å². The van der Waals surface area contributed by atoms with Crippen LogP contribution in [-0.4, -0.2) is 5.71 Å². The molecule has 1 nitrogen and oxygen atoms in total. The third-order valence-corrected chi connectivity index (χ3v) is 2.74. The molecule has 0 saturated heterocycles. The van der Waals surface area contributed by atoms with Crippen LogP contribution in [0.25, 0.3) is 0 Å². The van der Waals surface area contributed by atoms with Crippen molar-refractivity contribution in [1.82, 2.24) is 0 Å². The molecule has 0 aliphatic rings. The van der Waals surface area contributed by atoms with E-state index in [0.29, 0.717) is 5.92 Å². The van der Waals surface area contributed by atoms with Crippen molar-refractivity contribution < 1.29 is 0 Å². The van der Waals surface area contributed by atoms with Crippen LogP contribution >= 0.6 is 15.9 Å². The Morgan fingerprint density at radius 1 is 1.35 bits per heavy atom. The summed E-state index contributed by atoms with van der Waals surface area (Å²) in [7, 11) is 0. The van der Waals surface area contributed by atoms with Gasteiger partial charge in [0.05, 0.1) is 0 Å². The van der Waals surface area contributed by atoms with Gasteiger partial charge in [0.15, 0.2) is 0 Å². The van der Waals surface area contributed by atoms with Crippen molar-refractivity contribution in [1.29, 1.82) is 0 Å². The van der Waals surface area contributed by atoms with Crippen molar-refractivity contribution >= 4 is 21.6 Å². The van der Waals surface area contributed by atoms with Gasteiger partial charge >= 0.3 is 0 Å². The van der Waals surface area contributed by atoms with E-state index in [0.717, 1.165) is 4.47 Å². The number of halogens is 1. The minimum absolute atomic E-state index is 0.571. The first-order valence-corrected chi connectivity index (χ1v) is 6.64. The molecule has 0 aliphatic carbocycles. The molecule has 0 N–H and O–H groups in total. The SMILES string of the molecule is C/C=C\N=C(C)C(C)C.Cc1cccc(Br)c1. The summed E-state index contributed by atoms with van der Waals surface area (Å²) < 4.78 is 1.15. The molecule has 0 fully saturated rings. The second-order valence-corrected chi connectivity index (χ2v) is 5.12. The van der Waals surface area contributed by atoms with Gasteiger partial charge in [0.1, 0.15) is 0 Å². The van der Waals surface area contributed by atoms with Gasteiger partial charge in [-0.25, -0.2) is 0 Å². The van der Waals surface area contributed by atoms with Gasteiger partial charge in [0, 0.05) is 16.4 Å². The maximum Gasteiger partial charge on any atom is 0.0224 e. The van der Waals surface area contributed by atoms with Gasteiger partial charge < -0.3 is 0 Å². The van der Waals surface area contributed by atoms with Crippen molar-refractivity contribution in [2.75, 3.05) is 0 Å². The van der Waals surface area contributed by atoms with Gasteiger partial charge in [-0.2, -0.15) is 0 Å². The fourth-order valence-electron chi connectivity index (χ4n) is 0.947. The standard InChI is InChI=1S/C8H15N.C7H7Br/c1-5-6-9-8(4)7(2)3;1-6-3-2-4-7(8)5-6/h5-7H,1-4H3;2-5H,1H3/b6-5-,9-8?;. The maximum atomic E-state index is 4.18. The third-order valence-electron chi connectivity index (χ3n) is 2.24. The van der Waals surface area contributed by atoms with Crippen molar-refractivity contribution in [2.24, 2.45) is 10.9 Å². The fourth-order valence-corrected chi connectivity index (χ4v) is 1.46. The maximum absolute atomic E-state index is 4.18. The van der Waals surface area contributed by atoms with Gasteiger partial charge in [-0.15, -0.1) is 0 Å². The van der Waals surface area contributed by atoms with E-state index in [9.17, 15) is 0 Å². The monoisotopic (exact) mass is 295 g/mol. The molecule has 0 bridgehead atoms. The normalized spacial score (nSPS) is 11.6. The number of benzene rings is 1. The van der Waals surface area contributed by atoms with E-state index in [2.05, 4.69) is 53.8 Å². The molecule has 1 rings (SSSR count). The quantitative estimate of drug-likeness (QED) is 0.648.